The maximum atomic E-state index is 12.3. The topological polar surface area (TPSA) is 0 Å². The highest BCUT2D eigenvalue weighted by molar-refractivity contribution is 9.10. The van der Waals surface area contributed by atoms with Crippen molar-refractivity contribution < 1.29 is 13.2 Å². The first kappa shape index (κ1) is 10.9. The number of hydrogen-bond acceptors (Lipinski definition) is 0. The Labute approximate surface area is 86.8 Å². The van der Waals surface area contributed by atoms with Gasteiger partial charge in [0.25, 0.3) is 0 Å². The largest absolute Gasteiger partial charge is 0.416 e. The molecule has 0 atom stereocenters. The van der Waals surface area contributed by atoms with E-state index in [2.05, 4.69) is 15.9 Å². The predicted molar refractivity (Wildman–Crippen MR) is 48.9 cm³/mol. The Bertz CT molecular complexity index is 333. The van der Waals surface area contributed by atoms with Gasteiger partial charge in [0.15, 0.2) is 0 Å². The first-order chi connectivity index (χ1) is 5.82. The summed E-state index contributed by atoms with van der Waals surface area (Å²) in [5.74, 6) is 0. The Balaban J connectivity index is 3.37. The highest BCUT2D eigenvalue weighted by Crippen LogP contribution is 2.36. The van der Waals surface area contributed by atoms with Crippen molar-refractivity contribution in [3.8, 4) is 0 Å². The maximum Gasteiger partial charge on any atom is 0.416 e. The van der Waals surface area contributed by atoms with Crippen molar-refractivity contribution in [2.24, 2.45) is 0 Å². The van der Waals surface area contributed by atoms with Gasteiger partial charge >= 0.3 is 6.18 Å². The molecule has 0 unspecified atom stereocenters. The third kappa shape index (κ3) is 2.38. The number of alkyl halides is 3. The molecule has 0 bridgehead atoms. The van der Waals surface area contributed by atoms with Gasteiger partial charge in [-0.05, 0) is 24.6 Å². The Morgan fingerprint density at radius 1 is 1.31 bits per heavy atom. The van der Waals surface area contributed by atoms with Crippen LogP contribution >= 0.6 is 27.5 Å². The van der Waals surface area contributed by atoms with Gasteiger partial charge in [-0.15, -0.1) is 0 Å². The summed E-state index contributed by atoms with van der Waals surface area (Å²) in [5.41, 5.74) is -0.552. The lowest BCUT2D eigenvalue weighted by Crippen LogP contribution is -2.07. The molecule has 0 aromatic heterocycles. The molecule has 0 saturated heterocycles. The molecule has 1 aromatic carbocycles. The third-order valence-electron chi connectivity index (χ3n) is 1.61. The van der Waals surface area contributed by atoms with Crippen molar-refractivity contribution >= 4 is 27.5 Å². The quantitative estimate of drug-likeness (QED) is 0.656. The van der Waals surface area contributed by atoms with E-state index >= 15 is 0 Å². The van der Waals surface area contributed by atoms with E-state index in [9.17, 15) is 13.2 Å². The number of benzene rings is 1. The van der Waals surface area contributed by atoms with Crippen LogP contribution in [0.5, 0.6) is 0 Å². The molecule has 0 aliphatic carbocycles. The SMILES string of the molecule is Cc1c(Br)cc(Cl)cc1C(F)(F)F. The summed E-state index contributed by atoms with van der Waals surface area (Å²) in [6.07, 6.45) is -4.35. The van der Waals surface area contributed by atoms with Gasteiger partial charge in [-0.25, -0.2) is 0 Å². The second-order valence-corrected chi connectivity index (χ2v) is 3.85. The van der Waals surface area contributed by atoms with Gasteiger partial charge in [-0.3, -0.25) is 0 Å². The Morgan fingerprint density at radius 3 is 2.31 bits per heavy atom. The van der Waals surface area contributed by atoms with Gasteiger partial charge in [0.2, 0.25) is 0 Å². The van der Waals surface area contributed by atoms with Crippen molar-refractivity contribution in [2.45, 2.75) is 13.1 Å². The minimum atomic E-state index is -4.35. The molecule has 0 N–H and O–H groups in total. The first-order valence-electron chi connectivity index (χ1n) is 3.35. The van der Waals surface area contributed by atoms with Gasteiger partial charge in [-0.2, -0.15) is 13.2 Å². The molecule has 0 saturated carbocycles. The van der Waals surface area contributed by atoms with Crippen molar-refractivity contribution in [3.63, 3.8) is 0 Å². The summed E-state index contributed by atoms with van der Waals surface area (Å²) in [6.45, 7) is 1.39. The molecule has 0 spiro atoms. The zero-order valence-electron chi connectivity index (χ0n) is 6.54. The van der Waals surface area contributed by atoms with Gasteiger partial charge in [0.05, 0.1) is 5.56 Å². The average Bonchev–Trinajstić information content (AvgIpc) is 1.94. The fourth-order valence-electron chi connectivity index (χ4n) is 0.940. The molecular formula is C8H5BrClF3. The summed E-state index contributed by atoms with van der Waals surface area (Å²) >= 11 is 8.50. The Kier molecular flexibility index (Phi) is 2.92. The molecule has 0 aliphatic heterocycles. The highest BCUT2D eigenvalue weighted by Gasteiger charge is 2.33. The summed E-state index contributed by atoms with van der Waals surface area (Å²) in [4.78, 5) is 0. The van der Waals surface area contributed by atoms with E-state index in [1.165, 1.54) is 13.0 Å². The van der Waals surface area contributed by atoms with Gasteiger partial charge < -0.3 is 0 Å². The van der Waals surface area contributed by atoms with Crippen LogP contribution in [0.15, 0.2) is 16.6 Å². The molecule has 1 aromatic rings. The van der Waals surface area contributed by atoms with Crippen LogP contribution in [0.25, 0.3) is 0 Å². The van der Waals surface area contributed by atoms with E-state index in [1.54, 1.807) is 0 Å². The third-order valence-corrected chi connectivity index (χ3v) is 2.66. The molecule has 5 heteroatoms. The molecule has 0 radical (unpaired) electrons. The van der Waals surface area contributed by atoms with E-state index in [0.29, 0.717) is 4.47 Å². The predicted octanol–water partition coefficient (Wildman–Crippen LogP) is 4.43. The monoisotopic (exact) mass is 272 g/mol. The minimum Gasteiger partial charge on any atom is -0.166 e. The lowest BCUT2D eigenvalue weighted by Gasteiger charge is -2.11. The van der Waals surface area contributed by atoms with E-state index in [0.717, 1.165) is 6.07 Å². The second-order valence-electron chi connectivity index (χ2n) is 2.56. The minimum absolute atomic E-state index is 0.0739. The molecule has 1 rings (SSSR count). The fourth-order valence-corrected chi connectivity index (χ4v) is 1.75. The van der Waals surface area contributed by atoms with Crippen LogP contribution in [0.2, 0.25) is 5.02 Å². The first-order valence-corrected chi connectivity index (χ1v) is 4.52. The standard InChI is InChI=1S/C8H5BrClF3/c1-4-6(8(11,12)13)2-5(10)3-7(4)9/h2-3H,1H3. The molecule has 0 fully saturated rings. The van der Waals surface area contributed by atoms with Crippen LogP contribution in [0.3, 0.4) is 0 Å². The average molecular weight is 273 g/mol. The molecule has 0 amide bonds. The van der Waals surface area contributed by atoms with E-state index in [4.69, 9.17) is 11.6 Å². The highest BCUT2D eigenvalue weighted by atomic mass is 79.9. The van der Waals surface area contributed by atoms with Crippen LogP contribution in [-0.4, -0.2) is 0 Å². The fraction of sp³-hybridized carbons (Fsp3) is 0.250. The van der Waals surface area contributed by atoms with Crippen LogP contribution in [-0.2, 0) is 6.18 Å². The summed E-state index contributed by atoms with van der Waals surface area (Å²) in [6, 6.07) is 2.35. The lowest BCUT2D eigenvalue weighted by molar-refractivity contribution is -0.138. The van der Waals surface area contributed by atoms with Crippen LogP contribution < -0.4 is 0 Å². The number of hydrogen-bond donors (Lipinski definition) is 0. The maximum absolute atomic E-state index is 12.3. The molecule has 72 valence electrons. The normalized spacial score (nSPS) is 11.8. The van der Waals surface area contributed by atoms with E-state index < -0.39 is 11.7 Å². The Hall–Kier alpha value is -0.220. The summed E-state index contributed by atoms with van der Waals surface area (Å²) in [5, 5.41) is 0.0739. The second kappa shape index (κ2) is 3.50. The number of rotatable bonds is 0. The van der Waals surface area contributed by atoms with Crippen LogP contribution in [0.1, 0.15) is 11.1 Å². The zero-order valence-corrected chi connectivity index (χ0v) is 8.89. The molecule has 0 heterocycles. The van der Waals surface area contributed by atoms with Crippen molar-refractivity contribution in [1.82, 2.24) is 0 Å². The van der Waals surface area contributed by atoms with Gasteiger partial charge in [0, 0.05) is 9.50 Å². The van der Waals surface area contributed by atoms with Crippen molar-refractivity contribution in [1.29, 1.82) is 0 Å². The van der Waals surface area contributed by atoms with Gasteiger partial charge in [-0.1, -0.05) is 27.5 Å². The molecule has 0 aliphatic rings. The van der Waals surface area contributed by atoms with Crippen LogP contribution in [0, 0.1) is 6.92 Å². The van der Waals surface area contributed by atoms with Crippen molar-refractivity contribution in [3.05, 3.63) is 32.8 Å². The number of halogens is 5. The van der Waals surface area contributed by atoms with Crippen molar-refractivity contribution in [2.75, 3.05) is 0 Å². The molecular weight excluding hydrogens is 268 g/mol. The molecule has 13 heavy (non-hydrogen) atoms. The summed E-state index contributed by atoms with van der Waals surface area (Å²) in [7, 11) is 0. The van der Waals surface area contributed by atoms with E-state index in [-0.39, 0.29) is 10.6 Å². The Morgan fingerprint density at radius 2 is 1.85 bits per heavy atom. The molecule has 0 nitrogen and oxygen atoms in total. The van der Waals surface area contributed by atoms with Gasteiger partial charge in [0.1, 0.15) is 0 Å². The zero-order chi connectivity index (χ0) is 10.2. The smallest absolute Gasteiger partial charge is 0.166 e. The van der Waals surface area contributed by atoms with Crippen LogP contribution in [0.4, 0.5) is 13.2 Å². The summed E-state index contributed by atoms with van der Waals surface area (Å²) < 4.78 is 37.4. The van der Waals surface area contributed by atoms with E-state index in [1.807, 2.05) is 0 Å². The lowest BCUT2D eigenvalue weighted by atomic mass is 10.1.